The molecule has 0 heterocycles. The van der Waals surface area contributed by atoms with Crippen molar-refractivity contribution in [3.63, 3.8) is 0 Å². The molecule has 0 saturated carbocycles. The minimum absolute atomic E-state index is 0.0485. The zero-order valence-electron chi connectivity index (χ0n) is 8.91. The second-order valence-corrected chi connectivity index (χ2v) is 5.18. The van der Waals surface area contributed by atoms with Gasteiger partial charge in [0, 0.05) is 11.3 Å². The molecule has 84 valence electrons. The molecule has 1 amide bonds. The van der Waals surface area contributed by atoms with Crippen molar-refractivity contribution in [2.24, 2.45) is 0 Å². The second kappa shape index (κ2) is 6.27. The Balaban J connectivity index is 3.55. The molecule has 0 aromatic heterocycles. The SMILES string of the molecule is CC(C)(C)NC(=O)CSCC(O)CO. The lowest BCUT2D eigenvalue weighted by atomic mass is 10.1. The number of carbonyl (C=O) groups excluding carboxylic acids is 1. The molecule has 0 fully saturated rings. The Morgan fingerprint density at radius 2 is 2.07 bits per heavy atom. The number of carbonyl (C=O) groups is 1. The Bertz CT molecular complexity index is 179. The summed E-state index contributed by atoms with van der Waals surface area (Å²) in [6, 6.07) is 0. The molecule has 0 aromatic carbocycles. The Hall–Kier alpha value is -0.260. The first-order valence-corrected chi connectivity index (χ1v) is 5.68. The first kappa shape index (κ1) is 13.7. The molecule has 14 heavy (non-hydrogen) atoms. The van der Waals surface area contributed by atoms with Crippen LogP contribution >= 0.6 is 11.8 Å². The number of nitrogens with one attached hydrogen (secondary N) is 1. The molecule has 0 saturated heterocycles. The van der Waals surface area contributed by atoms with Gasteiger partial charge in [0.1, 0.15) is 0 Å². The summed E-state index contributed by atoms with van der Waals surface area (Å²) in [5, 5.41) is 20.3. The molecular weight excluding hydrogens is 202 g/mol. The zero-order valence-corrected chi connectivity index (χ0v) is 9.73. The molecule has 0 aromatic rings. The van der Waals surface area contributed by atoms with Crippen molar-refractivity contribution in [2.75, 3.05) is 18.1 Å². The number of hydrogen-bond acceptors (Lipinski definition) is 4. The van der Waals surface area contributed by atoms with E-state index in [9.17, 15) is 4.79 Å². The first-order valence-electron chi connectivity index (χ1n) is 4.53. The van der Waals surface area contributed by atoms with Gasteiger partial charge in [0.15, 0.2) is 0 Å². The molecule has 0 aliphatic carbocycles. The molecule has 0 aliphatic heterocycles. The van der Waals surface area contributed by atoms with Crippen molar-refractivity contribution in [3.8, 4) is 0 Å². The van der Waals surface area contributed by atoms with Gasteiger partial charge in [-0.3, -0.25) is 4.79 Å². The van der Waals surface area contributed by atoms with E-state index in [1.54, 1.807) is 0 Å². The summed E-state index contributed by atoms with van der Waals surface area (Å²) in [7, 11) is 0. The summed E-state index contributed by atoms with van der Waals surface area (Å²) in [4.78, 5) is 11.3. The zero-order chi connectivity index (χ0) is 11.2. The van der Waals surface area contributed by atoms with E-state index < -0.39 is 6.10 Å². The fourth-order valence-electron chi connectivity index (χ4n) is 0.795. The van der Waals surface area contributed by atoms with E-state index in [0.29, 0.717) is 11.5 Å². The summed E-state index contributed by atoms with van der Waals surface area (Å²) in [6.45, 7) is 5.49. The number of hydrogen-bond donors (Lipinski definition) is 3. The van der Waals surface area contributed by atoms with Crippen molar-refractivity contribution in [3.05, 3.63) is 0 Å². The number of aliphatic hydroxyl groups excluding tert-OH is 2. The van der Waals surface area contributed by atoms with Crippen LogP contribution < -0.4 is 5.32 Å². The molecule has 0 spiro atoms. The van der Waals surface area contributed by atoms with Crippen LogP contribution in [0.15, 0.2) is 0 Å². The lowest BCUT2D eigenvalue weighted by Crippen LogP contribution is -2.41. The van der Waals surface area contributed by atoms with Crippen LogP contribution in [0.4, 0.5) is 0 Å². The van der Waals surface area contributed by atoms with Gasteiger partial charge in [-0.1, -0.05) is 0 Å². The molecule has 4 nitrogen and oxygen atoms in total. The van der Waals surface area contributed by atoms with E-state index in [4.69, 9.17) is 10.2 Å². The fraction of sp³-hybridized carbons (Fsp3) is 0.889. The Morgan fingerprint density at radius 1 is 1.50 bits per heavy atom. The highest BCUT2D eigenvalue weighted by Gasteiger charge is 2.13. The maximum atomic E-state index is 11.3. The van der Waals surface area contributed by atoms with Gasteiger partial charge in [-0.15, -0.1) is 11.8 Å². The van der Waals surface area contributed by atoms with Crippen molar-refractivity contribution in [1.82, 2.24) is 5.32 Å². The predicted molar refractivity (Wildman–Crippen MR) is 58.3 cm³/mol. The van der Waals surface area contributed by atoms with E-state index in [1.165, 1.54) is 11.8 Å². The molecule has 0 aliphatic rings. The van der Waals surface area contributed by atoms with Gasteiger partial charge < -0.3 is 15.5 Å². The van der Waals surface area contributed by atoms with Gasteiger partial charge >= 0.3 is 0 Å². The number of aliphatic hydroxyl groups is 2. The van der Waals surface area contributed by atoms with Crippen LogP contribution in [0, 0.1) is 0 Å². The van der Waals surface area contributed by atoms with Crippen LogP contribution in [0.25, 0.3) is 0 Å². The normalized spacial score (nSPS) is 13.8. The van der Waals surface area contributed by atoms with Crippen LogP contribution in [0.1, 0.15) is 20.8 Å². The Morgan fingerprint density at radius 3 is 2.50 bits per heavy atom. The number of thioether (sulfide) groups is 1. The van der Waals surface area contributed by atoms with Gasteiger partial charge in [0.2, 0.25) is 5.91 Å². The third kappa shape index (κ3) is 8.34. The largest absolute Gasteiger partial charge is 0.394 e. The van der Waals surface area contributed by atoms with Gasteiger partial charge in [-0.25, -0.2) is 0 Å². The summed E-state index contributed by atoms with van der Waals surface area (Å²) in [5.74, 6) is 0.648. The average molecular weight is 221 g/mol. The van der Waals surface area contributed by atoms with Crippen molar-refractivity contribution >= 4 is 17.7 Å². The van der Waals surface area contributed by atoms with Crippen LogP contribution in [-0.4, -0.2) is 45.9 Å². The monoisotopic (exact) mass is 221 g/mol. The first-order chi connectivity index (χ1) is 6.35. The minimum atomic E-state index is -0.734. The third-order valence-electron chi connectivity index (χ3n) is 1.27. The van der Waals surface area contributed by atoms with Crippen molar-refractivity contribution in [2.45, 2.75) is 32.4 Å². The quantitative estimate of drug-likeness (QED) is 0.610. The maximum absolute atomic E-state index is 11.3. The second-order valence-electron chi connectivity index (χ2n) is 4.15. The molecule has 1 unspecified atom stereocenters. The molecule has 0 bridgehead atoms. The van der Waals surface area contributed by atoms with E-state index in [-0.39, 0.29) is 18.1 Å². The number of rotatable bonds is 5. The van der Waals surface area contributed by atoms with Crippen LogP contribution in [0.2, 0.25) is 0 Å². The highest BCUT2D eigenvalue weighted by molar-refractivity contribution is 7.99. The summed E-state index contributed by atoms with van der Waals surface area (Å²) >= 11 is 1.31. The van der Waals surface area contributed by atoms with Crippen molar-refractivity contribution < 1.29 is 15.0 Å². The topological polar surface area (TPSA) is 69.6 Å². The van der Waals surface area contributed by atoms with Gasteiger partial charge in [-0.2, -0.15) is 0 Å². The smallest absolute Gasteiger partial charge is 0.230 e. The third-order valence-corrected chi connectivity index (χ3v) is 2.36. The lowest BCUT2D eigenvalue weighted by Gasteiger charge is -2.20. The van der Waals surface area contributed by atoms with E-state index >= 15 is 0 Å². The van der Waals surface area contributed by atoms with E-state index in [0.717, 1.165) is 0 Å². The van der Waals surface area contributed by atoms with Gasteiger partial charge in [0.25, 0.3) is 0 Å². The van der Waals surface area contributed by atoms with Crippen LogP contribution in [0.3, 0.4) is 0 Å². The number of amides is 1. The summed E-state index contributed by atoms with van der Waals surface area (Å²) in [5.41, 5.74) is -0.215. The standard InChI is InChI=1S/C9H19NO3S/c1-9(2,3)10-8(13)6-14-5-7(12)4-11/h7,11-12H,4-6H2,1-3H3,(H,10,13). The minimum Gasteiger partial charge on any atom is -0.394 e. The predicted octanol–water partition coefficient (Wildman–Crippen LogP) is -0.0125. The average Bonchev–Trinajstić information content (AvgIpc) is 2.00. The maximum Gasteiger partial charge on any atom is 0.230 e. The highest BCUT2D eigenvalue weighted by Crippen LogP contribution is 2.04. The Labute approximate surface area is 89.1 Å². The van der Waals surface area contributed by atoms with Crippen LogP contribution in [-0.2, 0) is 4.79 Å². The molecule has 5 heteroatoms. The van der Waals surface area contributed by atoms with E-state index in [1.807, 2.05) is 20.8 Å². The van der Waals surface area contributed by atoms with Gasteiger partial charge in [0.05, 0.1) is 18.5 Å². The van der Waals surface area contributed by atoms with E-state index in [2.05, 4.69) is 5.32 Å². The van der Waals surface area contributed by atoms with Gasteiger partial charge in [-0.05, 0) is 20.8 Å². The molecule has 3 N–H and O–H groups in total. The van der Waals surface area contributed by atoms with Crippen LogP contribution in [0.5, 0.6) is 0 Å². The Kier molecular flexibility index (Phi) is 6.15. The van der Waals surface area contributed by atoms with Crippen molar-refractivity contribution in [1.29, 1.82) is 0 Å². The lowest BCUT2D eigenvalue weighted by molar-refractivity contribution is -0.119. The fourth-order valence-corrected chi connectivity index (χ4v) is 1.55. The highest BCUT2D eigenvalue weighted by atomic mass is 32.2. The molecule has 1 atom stereocenters. The molecule has 0 rings (SSSR count). The molecule has 0 radical (unpaired) electrons. The summed E-state index contributed by atoms with van der Waals surface area (Å²) < 4.78 is 0. The summed E-state index contributed by atoms with van der Waals surface area (Å²) in [6.07, 6.45) is -0.734. The molecular formula is C9H19NO3S.